The Labute approximate surface area is 124 Å². The summed E-state index contributed by atoms with van der Waals surface area (Å²) < 4.78 is 0.723. The molecule has 0 bridgehead atoms. The molecule has 2 aromatic rings. The van der Waals surface area contributed by atoms with Gasteiger partial charge in [-0.05, 0) is 45.8 Å². The van der Waals surface area contributed by atoms with E-state index in [0.717, 1.165) is 10.0 Å². The summed E-state index contributed by atoms with van der Waals surface area (Å²) in [6, 6.07) is 12.6. The molecule has 92 valence electrons. The van der Waals surface area contributed by atoms with Crippen molar-refractivity contribution in [2.24, 2.45) is 0 Å². The van der Waals surface area contributed by atoms with Crippen LogP contribution >= 0.6 is 39.1 Å². The SMILES string of the molecule is O=C(Cc1cccc(Cl)c1)c1cccc(Br)c1Cl. The fourth-order valence-corrected chi connectivity index (χ4v) is 2.46. The van der Waals surface area contributed by atoms with Crippen molar-refractivity contribution in [1.29, 1.82) is 0 Å². The Morgan fingerprint density at radius 1 is 1.11 bits per heavy atom. The third kappa shape index (κ3) is 3.14. The highest BCUT2D eigenvalue weighted by Gasteiger charge is 2.12. The van der Waals surface area contributed by atoms with Crippen LogP contribution in [0.25, 0.3) is 0 Å². The number of hydrogen-bond donors (Lipinski definition) is 0. The van der Waals surface area contributed by atoms with Crippen LogP contribution in [0.4, 0.5) is 0 Å². The van der Waals surface area contributed by atoms with Gasteiger partial charge in [0.2, 0.25) is 0 Å². The van der Waals surface area contributed by atoms with Crippen molar-refractivity contribution < 1.29 is 4.79 Å². The molecule has 0 saturated heterocycles. The van der Waals surface area contributed by atoms with Crippen LogP contribution in [0.5, 0.6) is 0 Å². The number of ketones is 1. The first-order valence-electron chi connectivity index (χ1n) is 5.29. The molecule has 2 aromatic carbocycles. The molecule has 0 atom stereocenters. The van der Waals surface area contributed by atoms with Crippen molar-refractivity contribution in [3.05, 3.63) is 68.1 Å². The maximum Gasteiger partial charge on any atom is 0.168 e. The van der Waals surface area contributed by atoms with E-state index >= 15 is 0 Å². The summed E-state index contributed by atoms with van der Waals surface area (Å²) in [5.74, 6) is -0.0245. The highest BCUT2D eigenvalue weighted by atomic mass is 79.9. The Balaban J connectivity index is 2.25. The molecule has 0 unspecified atom stereocenters. The van der Waals surface area contributed by atoms with Gasteiger partial charge in [0.15, 0.2) is 5.78 Å². The van der Waals surface area contributed by atoms with E-state index in [-0.39, 0.29) is 12.2 Å². The van der Waals surface area contributed by atoms with Crippen LogP contribution in [-0.2, 0) is 6.42 Å². The molecule has 0 amide bonds. The van der Waals surface area contributed by atoms with Crippen LogP contribution in [-0.4, -0.2) is 5.78 Å². The average Bonchev–Trinajstić information content (AvgIpc) is 2.32. The largest absolute Gasteiger partial charge is 0.294 e. The molecule has 0 fully saturated rings. The second-order valence-corrected chi connectivity index (χ2v) is 5.50. The predicted octanol–water partition coefficient (Wildman–Crippen LogP) is 5.18. The highest BCUT2D eigenvalue weighted by molar-refractivity contribution is 9.10. The molecule has 0 radical (unpaired) electrons. The zero-order valence-corrected chi connectivity index (χ0v) is 12.4. The molecule has 1 nitrogen and oxygen atoms in total. The summed E-state index contributed by atoms with van der Waals surface area (Å²) in [6.45, 7) is 0. The standard InChI is InChI=1S/C14H9BrCl2O/c15-12-6-2-5-11(14(12)17)13(18)8-9-3-1-4-10(16)7-9/h1-7H,8H2. The quantitative estimate of drug-likeness (QED) is 0.701. The fraction of sp³-hybridized carbons (Fsp3) is 0.0714. The number of hydrogen-bond acceptors (Lipinski definition) is 1. The molecular weight excluding hydrogens is 335 g/mol. The van der Waals surface area contributed by atoms with Gasteiger partial charge in [-0.15, -0.1) is 0 Å². The van der Waals surface area contributed by atoms with E-state index in [2.05, 4.69) is 15.9 Å². The minimum Gasteiger partial charge on any atom is -0.294 e. The first kappa shape index (κ1) is 13.6. The fourth-order valence-electron chi connectivity index (χ4n) is 1.65. The maximum absolute atomic E-state index is 12.2. The number of carbonyl (C=O) groups is 1. The van der Waals surface area contributed by atoms with Crippen molar-refractivity contribution in [1.82, 2.24) is 0 Å². The van der Waals surface area contributed by atoms with Gasteiger partial charge in [0.1, 0.15) is 0 Å². The van der Waals surface area contributed by atoms with Crippen LogP contribution < -0.4 is 0 Å². The molecule has 0 aliphatic heterocycles. The van der Waals surface area contributed by atoms with Gasteiger partial charge >= 0.3 is 0 Å². The third-order valence-electron chi connectivity index (χ3n) is 2.51. The first-order chi connectivity index (χ1) is 8.58. The molecule has 4 heteroatoms. The summed E-state index contributed by atoms with van der Waals surface area (Å²) in [5, 5.41) is 1.07. The number of halogens is 3. The maximum atomic E-state index is 12.2. The van der Waals surface area contributed by atoms with Gasteiger partial charge in [-0.1, -0.05) is 41.4 Å². The third-order valence-corrected chi connectivity index (χ3v) is 4.04. The van der Waals surface area contributed by atoms with Crippen LogP contribution in [0.2, 0.25) is 10.0 Å². The molecular formula is C14H9BrCl2O. The summed E-state index contributed by atoms with van der Waals surface area (Å²) in [4.78, 5) is 12.2. The van der Waals surface area contributed by atoms with Gasteiger partial charge in [0.05, 0.1) is 5.02 Å². The monoisotopic (exact) mass is 342 g/mol. The van der Waals surface area contributed by atoms with Crippen molar-refractivity contribution in [2.45, 2.75) is 6.42 Å². The minimum atomic E-state index is -0.0245. The molecule has 18 heavy (non-hydrogen) atoms. The Kier molecular flexibility index (Phi) is 4.44. The first-order valence-corrected chi connectivity index (χ1v) is 6.84. The summed E-state index contributed by atoms with van der Waals surface area (Å²) in [7, 11) is 0. The zero-order chi connectivity index (χ0) is 13.1. The van der Waals surface area contributed by atoms with E-state index in [1.165, 1.54) is 0 Å². The molecule has 0 aliphatic rings. The van der Waals surface area contributed by atoms with Gasteiger partial charge in [-0.2, -0.15) is 0 Å². The van der Waals surface area contributed by atoms with Crippen LogP contribution in [0.3, 0.4) is 0 Å². The predicted molar refractivity (Wildman–Crippen MR) is 78.6 cm³/mol. The molecule has 0 aromatic heterocycles. The second kappa shape index (κ2) is 5.87. The highest BCUT2D eigenvalue weighted by Crippen LogP contribution is 2.27. The normalized spacial score (nSPS) is 10.4. The van der Waals surface area contributed by atoms with Crippen LogP contribution in [0.15, 0.2) is 46.9 Å². The van der Waals surface area contributed by atoms with Crippen molar-refractivity contribution in [2.75, 3.05) is 0 Å². The van der Waals surface area contributed by atoms with Crippen molar-refractivity contribution >= 4 is 44.9 Å². The topological polar surface area (TPSA) is 17.1 Å². The lowest BCUT2D eigenvalue weighted by atomic mass is 10.0. The Morgan fingerprint density at radius 3 is 2.56 bits per heavy atom. The molecule has 2 rings (SSSR count). The lowest BCUT2D eigenvalue weighted by Crippen LogP contribution is -2.04. The number of benzene rings is 2. The summed E-state index contributed by atoms with van der Waals surface area (Å²) in [6.07, 6.45) is 0.288. The van der Waals surface area contributed by atoms with Gasteiger partial charge in [-0.25, -0.2) is 0 Å². The molecule has 0 saturated carbocycles. The van der Waals surface area contributed by atoms with Gasteiger partial charge < -0.3 is 0 Å². The molecule has 0 heterocycles. The number of carbonyl (C=O) groups excluding carboxylic acids is 1. The second-order valence-electron chi connectivity index (χ2n) is 3.83. The van der Waals surface area contributed by atoms with Gasteiger partial charge in [-0.3, -0.25) is 4.79 Å². The lowest BCUT2D eigenvalue weighted by molar-refractivity contribution is 0.0993. The Bertz CT molecular complexity index is 596. The van der Waals surface area contributed by atoms with Crippen molar-refractivity contribution in [3.8, 4) is 0 Å². The summed E-state index contributed by atoms with van der Waals surface area (Å²) in [5.41, 5.74) is 1.40. The molecule has 0 aliphatic carbocycles. The molecule has 0 spiro atoms. The van der Waals surface area contributed by atoms with E-state index in [1.807, 2.05) is 12.1 Å². The summed E-state index contributed by atoms with van der Waals surface area (Å²) >= 11 is 15.3. The lowest BCUT2D eigenvalue weighted by Gasteiger charge is -2.05. The Hall–Kier alpha value is -0.830. The Morgan fingerprint density at radius 2 is 1.83 bits per heavy atom. The minimum absolute atomic E-state index is 0.0245. The number of Topliss-reactive ketones (excluding diaryl/α,β-unsaturated/α-hetero) is 1. The van der Waals surface area contributed by atoms with Crippen LogP contribution in [0, 0.1) is 0 Å². The van der Waals surface area contributed by atoms with Gasteiger partial charge in [0, 0.05) is 21.5 Å². The van der Waals surface area contributed by atoms with Gasteiger partial charge in [0.25, 0.3) is 0 Å². The van der Waals surface area contributed by atoms with Crippen LogP contribution in [0.1, 0.15) is 15.9 Å². The van der Waals surface area contributed by atoms with E-state index < -0.39 is 0 Å². The zero-order valence-electron chi connectivity index (χ0n) is 9.29. The van der Waals surface area contributed by atoms with E-state index in [4.69, 9.17) is 23.2 Å². The average molecular weight is 344 g/mol. The van der Waals surface area contributed by atoms with Crippen molar-refractivity contribution in [3.63, 3.8) is 0 Å². The van der Waals surface area contributed by atoms with E-state index in [1.54, 1.807) is 30.3 Å². The molecule has 0 N–H and O–H groups in total. The number of rotatable bonds is 3. The smallest absolute Gasteiger partial charge is 0.168 e. The van der Waals surface area contributed by atoms with E-state index in [0.29, 0.717) is 15.6 Å². The van der Waals surface area contributed by atoms with E-state index in [9.17, 15) is 4.79 Å².